The summed E-state index contributed by atoms with van der Waals surface area (Å²) < 4.78 is 25.5. The second-order valence-corrected chi connectivity index (χ2v) is 12.3. The first-order chi connectivity index (χ1) is 17.6. The van der Waals surface area contributed by atoms with Crippen molar-refractivity contribution < 1.29 is 28.8 Å². The fourth-order valence-electron chi connectivity index (χ4n) is 6.84. The number of aliphatic hydroxyl groups is 1. The zero-order valence-corrected chi connectivity index (χ0v) is 23.0. The Kier molecular flexibility index (Phi) is 7.84. The molecule has 5 aliphatic rings. The summed E-state index contributed by atoms with van der Waals surface area (Å²) in [5.74, 6) is -0.796. The minimum atomic E-state index is -0.712. The molecule has 6 heteroatoms. The van der Waals surface area contributed by atoms with Gasteiger partial charge in [0, 0.05) is 25.2 Å². The van der Waals surface area contributed by atoms with E-state index >= 15 is 0 Å². The van der Waals surface area contributed by atoms with Gasteiger partial charge >= 0.3 is 5.97 Å². The van der Waals surface area contributed by atoms with Crippen LogP contribution in [-0.2, 0) is 23.7 Å². The van der Waals surface area contributed by atoms with Crippen LogP contribution in [0.5, 0.6) is 0 Å². The van der Waals surface area contributed by atoms with Gasteiger partial charge in [0.1, 0.15) is 12.2 Å². The highest BCUT2D eigenvalue weighted by Crippen LogP contribution is 2.45. The van der Waals surface area contributed by atoms with E-state index in [1.807, 2.05) is 13.0 Å². The quantitative estimate of drug-likeness (QED) is 0.345. The second-order valence-electron chi connectivity index (χ2n) is 12.3. The summed E-state index contributed by atoms with van der Waals surface area (Å²) in [5, 5.41) is 10.8. The largest absolute Gasteiger partial charge is 0.462 e. The molecule has 3 fully saturated rings. The van der Waals surface area contributed by atoms with Gasteiger partial charge in [0.05, 0.1) is 30.8 Å². The van der Waals surface area contributed by atoms with E-state index in [1.54, 1.807) is 0 Å². The predicted octanol–water partition coefficient (Wildman–Crippen LogP) is 5.42. The number of hydrogen-bond donors (Lipinski definition) is 1. The van der Waals surface area contributed by atoms with Gasteiger partial charge in [-0.05, 0) is 63.0 Å². The van der Waals surface area contributed by atoms with Crippen LogP contribution in [0, 0.1) is 23.7 Å². The van der Waals surface area contributed by atoms with Crippen LogP contribution in [0.25, 0.3) is 0 Å². The molecule has 10 atom stereocenters. The van der Waals surface area contributed by atoms with Gasteiger partial charge in [-0.1, -0.05) is 49.8 Å². The molecule has 0 amide bonds. The van der Waals surface area contributed by atoms with Gasteiger partial charge in [0.15, 0.2) is 5.79 Å². The molecule has 1 aliphatic carbocycles. The van der Waals surface area contributed by atoms with Crippen LogP contribution in [-0.4, -0.2) is 54.0 Å². The van der Waals surface area contributed by atoms with E-state index in [2.05, 4.69) is 52.0 Å². The number of ether oxygens (including phenoxy) is 4. The third-order valence-corrected chi connectivity index (χ3v) is 9.14. The highest BCUT2D eigenvalue weighted by Gasteiger charge is 2.51. The molecule has 1 N–H and O–H groups in total. The van der Waals surface area contributed by atoms with E-state index in [-0.39, 0.29) is 30.2 Å². The molecule has 4 heterocycles. The number of esters is 1. The van der Waals surface area contributed by atoms with E-state index in [9.17, 15) is 9.90 Å². The van der Waals surface area contributed by atoms with Crippen molar-refractivity contribution >= 4 is 5.97 Å². The number of carbonyl (C=O) groups is 1. The monoisotopic (exact) mass is 512 g/mol. The minimum absolute atomic E-state index is 0.0654. The summed E-state index contributed by atoms with van der Waals surface area (Å²) in [4.78, 5) is 13.8. The molecule has 0 aromatic carbocycles. The van der Waals surface area contributed by atoms with Crippen LogP contribution in [0.2, 0.25) is 0 Å². The Balaban J connectivity index is 1.48. The molecule has 3 saturated heterocycles. The van der Waals surface area contributed by atoms with Crippen molar-refractivity contribution in [2.45, 2.75) is 109 Å². The Morgan fingerprint density at radius 3 is 2.70 bits per heavy atom. The second kappa shape index (κ2) is 10.8. The van der Waals surface area contributed by atoms with Gasteiger partial charge in [-0.25, -0.2) is 0 Å². The van der Waals surface area contributed by atoms with E-state index in [0.717, 1.165) is 36.8 Å². The van der Waals surface area contributed by atoms with E-state index in [4.69, 9.17) is 18.9 Å². The Bertz CT molecular complexity index is 994. The molecule has 0 aromatic heterocycles. The maximum Gasteiger partial charge on any atom is 0.313 e. The Labute approximate surface area is 221 Å². The third kappa shape index (κ3) is 5.68. The first-order valence-electron chi connectivity index (χ1n) is 14.2. The van der Waals surface area contributed by atoms with Crippen LogP contribution in [0.3, 0.4) is 0 Å². The lowest BCUT2D eigenvalue weighted by Crippen LogP contribution is -2.54. The fourth-order valence-corrected chi connectivity index (χ4v) is 6.84. The van der Waals surface area contributed by atoms with Gasteiger partial charge < -0.3 is 24.1 Å². The van der Waals surface area contributed by atoms with Gasteiger partial charge in [-0.3, -0.25) is 4.79 Å². The number of rotatable bonds is 0. The molecule has 37 heavy (non-hydrogen) atoms. The molecule has 2 bridgehead atoms. The highest BCUT2D eigenvalue weighted by molar-refractivity contribution is 5.76. The molecular formula is C31H44O6. The lowest BCUT2D eigenvalue weighted by atomic mass is 9.75. The van der Waals surface area contributed by atoms with E-state index in [1.165, 1.54) is 5.57 Å². The summed E-state index contributed by atoms with van der Waals surface area (Å²) in [6, 6.07) is 0. The number of allylic oxidation sites excluding steroid dienone is 4. The van der Waals surface area contributed by atoms with Gasteiger partial charge in [-0.2, -0.15) is 0 Å². The van der Waals surface area contributed by atoms with Crippen molar-refractivity contribution in [2.24, 2.45) is 23.7 Å². The maximum atomic E-state index is 13.8. The molecule has 4 aliphatic heterocycles. The highest BCUT2D eigenvalue weighted by atomic mass is 16.7. The zero-order valence-electron chi connectivity index (χ0n) is 23.0. The number of carbonyl (C=O) groups excluding carboxylic acids is 1. The van der Waals surface area contributed by atoms with E-state index in [0.29, 0.717) is 31.3 Å². The number of aliphatic hydroxyl groups excluding tert-OH is 1. The molecule has 0 radical (unpaired) electrons. The lowest BCUT2D eigenvalue weighted by Gasteiger charge is -2.49. The summed E-state index contributed by atoms with van der Waals surface area (Å²) in [6.07, 6.45) is 14.0. The smallest absolute Gasteiger partial charge is 0.313 e. The summed E-state index contributed by atoms with van der Waals surface area (Å²) >= 11 is 0. The van der Waals surface area contributed by atoms with Gasteiger partial charge in [0.25, 0.3) is 0 Å². The van der Waals surface area contributed by atoms with Crippen LogP contribution >= 0.6 is 0 Å². The number of fused-ring (bicyclic) bond motifs is 2. The maximum absolute atomic E-state index is 13.8. The predicted molar refractivity (Wildman–Crippen MR) is 142 cm³/mol. The van der Waals surface area contributed by atoms with Crippen LogP contribution in [0.15, 0.2) is 47.1 Å². The molecule has 0 aromatic rings. The summed E-state index contributed by atoms with van der Waals surface area (Å²) in [7, 11) is 0. The average Bonchev–Trinajstić information content (AvgIpc) is 3.26. The zero-order chi connectivity index (χ0) is 26.3. The molecule has 5 rings (SSSR count). The number of hydrogen-bond acceptors (Lipinski definition) is 6. The Hall–Kier alpha value is -1.73. The van der Waals surface area contributed by atoms with Crippen molar-refractivity contribution in [3.8, 4) is 0 Å². The average molecular weight is 513 g/mol. The van der Waals surface area contributed by atoms with Crippen molar-refractivity contribution in [1.29, 1.82) is 0 Å². The Morgan fingerprint density at radius 2 is 1.92 bits per heavy atom. The van der Waals surface area contributed by atoms with E-state index < -0.39 is 23.9 Å². The third-order valence-electron chi connectivity index (χ3n) is 9.14. The normalized spacial score (nSPS) is 48.6. The standard InChI is InChI=1S/C31H44O6/c1-18-7-6-8-23-17-34-29-27(23)26(14-21(4)28(29)32)30(33)35-25-15-24(10-9-19(2)13-18)37-31(16-25)12-11-20(3)22(5)36-31/h6-9,14,18,20,22,24-29,32H,10-13,15-17H2,1-5H3/b7-6+,19-9+,23-8+/t18-,20-,22+,24?,25-,26?,27?,28+,29-,31-/m0/s1. The SMILES string of the molecule is CC1=CC2C(=O)O[C@H]3CC(C/C=C(\C)C[C@@H](C)/C=C/C=C4\CO[C@@H](C42)[C@@H]1O)O[C@@]1(CC[C@H](C)[C@@H](C)O1)C3. The molecule has 0 saturated carbocycles. The van der Waals surface area contributed by atoms with Gasteiger partial charge in [-0.15, -0.1) is 0 Å². The van der Waals surface area contributed by atoms with Gasteiger partial charge in [0.2, 0.25) is 0 Å². The summed E-state index contributed by atoms with van der Waals surface area (Å²) in [5.41, 5.74) is 3.14. The van der Waals surface area contributed by atoms with Crippen LogP contribution in [0.4, 0.5) is 0 Å². The first-order valence-corrected chi connectivity index (χ1v) is 14.2. The lowest BCUT2D eigenvalue weighted by molar-refractivity contribution is -0.332. The van der Waals surface area contributed by atoms with Crippen molar-refractivity contribution in [3.63, 3.8) is 0 Å². The molecule has 3 unspecified atom stereocenters. The first kappa shape index (κ1) is 26.9. The summed E-state index contributed by atoms with van der Waals surface area (Å²) in [6.45, 7) is 11.0. The van der Waals surface area contributed by atoms with Crippen molar-refractivity contribution in [1.82, 2.24) is 0 Å². The fraction of sp³-hybridized carbons (Fsp3) is 0.710. The molecule has 204 valence electrons. The Morgan fingerprint density at radius 1 is 1.11 bits per heavy atom. The van der Waals surface area contributed by atoms with Crippen LogP contribution < -0.4 is 0 Å². The molecular weight excluding hydrogens is 468 g/mol. The minimum Gasteiger partial charge on any atom is -0.462 e. The molecule has 6 nitrogen and oxygen atoms in total. The topological polar surface area (TPSA) is 74.2 Å². The molecule has 1 spiro atoms. The van der Waals surface area contributed by atoms with Crippen molar-refractivity contribution in [2.75, 3.05) is 6.61 Å². The van der Waals surface area contributed by atoms with Crippen LogP contribution in [0.1, 0.15) is 73.1 Å². The van der Waals surface area contributed by atoms with Crippen molar-refractivity contribution in [3.05, 3.63) is 47.1 Å².